The standard InChI is InChI=1S/C11H8FNO2/c1-6-2-3-13-10-8(6)4-7(11(14)15)5-9(10)12/h2-5H,1H3,(H,14,15). The summed E-state index contributed by atoms with van der Waals surface area (Å²) in [5.74, 6) is -1.74. The van der Waals surface area contributed by atoms with Gasteiger partial charge in [-0.2, -0.15) is 0 Å². The number of carboxylic acids is 1. The molecule has 0 amide bonds. The Morgan fingerprint density at radius 3 is 2.87 bits per heavy atom. The van der Waals surface area contributed by atoms with Crippen molar-refractivity contribution in [2.24, 2.45) is 0 Å². The summed E-state index contributed by atoms with van der Waals surface area (Å²) in [6, 6.07) is 4.13. The van der Waals surface area contributed by atoms with Crippen molar-refractivity contribution in [2.75, 3.05) is 0 Å². The monoisotopic (exact) mass is 205 g/mol. The van der Waals surface area contributed by atoms with Crippen LogP contribution in [0.1, 0.15) is 15.9 Å². The molecule has 0 radical (unpaired) electrons. The molecular formula is C11H8FNO2. The van der Waals surface area contributed by atoms with E-state index in [0.717, 1.165) is 11.6 Å². The molecule has 0 aliphatic rings. The van der Waals surface area contributed by atoms with Crippen LogP contribution in [-0.4, -0.2) is 16.1 Å². The molecule has 1 heterocycles. The molecule has 3 nitrogen and oxygen atoms in total. The van der Waals surface area contributed by atoms with Gasteiger partial charge in [0.2, 0.25) is 0 Å². The fourth-order valence-corrected chi connectivity index (χ4v) is 1.47. The average molecular weight is 205 g/mol. The second-order valence-corrected chi connectivity index (χ2v) is 3.29. The number of carbonyl (C=O) groups is 1. The Labute approximate surface area is 85.2 Å². The van der Waals surface area contributed by atoms with Gasteiger partial charge in [-0.25, -0.2) is 9.18 Å². The van der Waals surface area contributed by atoms with E-state index in [1.54, 1.807) is 13.0 Å². The van der Waals surface area contributed by atoms with E-state index < -0.39 is 11.8 Å². The molecule has 0 fully saturated rings. The van der Waals surface area contributed by atoms with Crippen LogP contribution in [-0.2, 0) is 0 Å². The molecule has 4 heteroatoms. The van der Waals surface area contributed by atoms with Gasteiger partial charge in [0, 0.05) is 11.6 Å². The summed E-state index contributed by atoms with van der Waals surface area (Å²) >= 11 is 0. The summed E-state index contributed by atoms with van der Waals surface area (Å²) in [4.78, 5) is 14.6. The van der Waals surface area contributed by atoms with Crippen molar-refractivity contribution >= 4 is 16.9 Å². The second-order valence-electron chi connectivity index (χ2n) is 3.29. The van der Waals surface area contributed by atoms with E-state index in [1.807, 2.05) is 0 Å². The maximum Gasteiger partial charge on any atom is 0.335 e. The lowest BCUT2D eigenvalue weighted by molar-refractivity contribution is 0.0696. The average Bonchev–Trinajstić information content (AvgIpc) is 2.19. The highest BCUT2D eigenvalue weighted by molar-refractivity contribution is 5.94. The molecule has 0 saturated heterocycles. The summed E-state index contributed by atoms with van der Waals surface area (Å²) in [6.45, 7) is 1.79. The molecule has 0 bridgehead atoms. The van der Waals surface area contributed by atoms with Crippen molar-refractivity contribution in [2.45, 2.75) is 6.92 Å². The highest BCUT2D eigenvalue weighted by atomic mass is 19.1. The van der Waals surface area contributed by atoms with Gasteiger partial charge in [0.05, 0.1) is 5.56 Å². The van der Waals surface area contributed by atoms with Gasteiger partial charge in [0.1, 0.15) is 11.3 Å². The summed E-state index contributed by atoms with van der Waals surface area (Å²) in [5.41, 5.74) is 0.957. The third kappa shape index (κ3) is 1.54. The van der Waals surface area contributed by atoms with Crippen LogP contribution in [0, 0.1) is 12.7 Å². The Morgan fingerprint density at radius 2 is 2.20 bits per heavy atom. The summed E-state index contributed by atoms with van der Waals surface area (Å²) in [5, 5.41) is 9.31. The number of hydrogen-bond acceptors (Lipinski definition) is 2. The molecule has 0 aliphatic heterocycles. The first-order valence-corrected chi connectivity index (χ1v) is 4.38. The molecule has 0 unspecified atom stereocenters. The summed E-state index contributed by atoms with van der Waals surface area (Å²) in [6.07, 6.45) is 1.50. The number of benzene rings is 1. The fraction of sp³-hybridized carbons (Fsp3) is 0.0909. The van der Waals surface area contributed by atoms with Crippen LogP contribution in [0.2, 0.25) is 0 Å². The number of hydrogen-bond donors (Lipinski definition) is 1. The number of nitrogens with zero attached hydrogens (tertiary/aromatic N) is 1. The minimum Gasteiger partial charge on any atom is -0.478 e. The van der Waals surface area contributed by atoms with Crippen molar-refractivity contribution in [1.82, 2.24) is 4.98 Å². The number of aromatic nitrogens is 1. The third-order valence-corrected chi connectivity index (χ3v) is 2.26. The predicted molar refractivity (Wildman–Crippen MR) is 53.4 cm³/mol. The van der Waals surface area contributed by atoms with E-state index in [1.165, 1.54) is 12.3 Å². The van der Waals surface area contributed by atoms with Crippen LogP contribution in [0.15, 0.2) is 24.4 Å². The predicted octanol–water partition coefficient (Wildman–Crippen LogP) is 2.38. The quantitative estimate of drug-likeness (QED) is 0.777. The topological polar surface area (TPSA) is 50.2 Å². The van der Waals surface area contributed by atoms with Gasteiger partial charge in [-0.05, 0) is 30.7 Å². The van der Waals surface area contributed by atoms with Crippen LogP contribution in [0.5, 0.6) is 0 Å². The van der Waals surface area contributed by atoms with Crippen molar-refractivity contribution in [3.05, 3.63) is 41.3 Å². The highest BCUT2D eigenvalue weighted by Gasteiger charge is 2.10. The number of carboxylic acid groups (broad SMARTS) is 1. The van der Waals surface area contributed by atoms with Gasteiger partial charge in [-0.1, -0.05) is 0 Å². The first kappa shape index (κ1) is 9.58. The molecule has 1 aromatic carbocycles. The molecule has 76 valence electrons. The number of halogens is 1. The van der Waals surface area contributed by atoms with E-state index in [4.69, 9.17) is 5.11 Å². The van der Waals surface area contributed by atoms with Crippen LogP contribution < -0.4 is 0 Å². The Balaban J connectivity index is 2.85. The van der Waals surface area contributed by atoms with Crippen LogP contribution in [0.3, 0.4) is 0 Å². The maximum atomic E-state index is 13.5. The normalized spacial score (nSPS) is 10.5. The van der Waals surface area contributed by atoms with Gasteiger partial charge in [0.25, 0.3) is 0 Å². The van der Waals surface area contributed by atoms with Gasteiger partial charge in [0.15, 0.2) is 0 Å². The van der Waals surface area contributed by atoms with Gasteiger partial charge in [-0.3, -0.25) is 4.98 Å². The molecule has 15 heavy (non-hydrogen) atoms. The van der Waals surface area contributed by atoms with Crippen molar-refractivity contribution in [3.8, 4) is 0 Å². The summed E-state index contributed by atoms with van der Waals surface area (Å²) < 4.78 is 13.5. The number of aromatic carboxylic acids is 1. The summed E-state index contributed by atoms with van der Waals surface area (Å²) in [7, 11) is 0. The van der Waals surface area contributed by atoms with Crippen LogP contribution in [0.4, 0.5) is 4.39 Å². The first-order chi connectivity index (χ1) is 7.09. The fourth-order valence-electron chi connectivity index (χ4n) is 1.47. The van der Waals surface area contributed by atoms with Gasteiger partial charge >= 0.3 is 5.97 Å². The Kier molecular flexibility index (Phi) is 2.11. The molecule has 0 saturated carbocycles. The van der Waals surface area contributed by atoms with Gasteiger partial charge < -0.3 is 5.11 Å². The lowest BCUT2D eigenvalue weighted by Gasteiger charge is -2.03. The molecule has 1 aromatic heterocycles. The lowest BCUT2D eigenvalue weighted by Crippen LogP contribution is -1.98. The number of pyridine rings is 1. The van der Waals surface area contributed by atoms with E-state index in [-0.39, 0.29) is 11.1 Å². The Morgan fingerprint density at radius 1 is 1.47 bits per heavy atom. The van der Waals surface area contributed by atoms with E-state index >= 15 is 0 Å². The SMILES string of the molecule is Cc1ccnc2c(F)cc(C(=O)O)cc12. The van der Waals surface area contributed by atoms with E-state index in [2.05, 4.69) is 4.98 Å². The van der Waals surface area contributed by atoms with Crippen molar-refractivity contribution < 1.29 is 14.3 Å². The van der Waals surface area contributed by atoms with Gasteiger partial charge in [-0.15, -0.1) is 0 Å². The Hall–Kier alpha value is -1.97. The largest absolute Gasteiger partial charge is 0.478 e. The number of rotatable bonds is 1. The van der Waals surface area contributed by atoms with Crippen LogP contribution >= 0.6 is 0 Å². The van der Waals surface area contributed by atoms with E-state index in [9.17, 15) is 9.18 Å². The van der Waals surface area contributed by atoms with Crippen molar-refractivity contribution in [1.29, 1.82) is 0 Å². The van der Waals surface area contributed by atoms with E-state index in [0.29, 0.717) is 5.39 Å². The molecule has 2 rings (SSSR count). The molecule has 2 aromatic rings. The second kappa shape index (κ2) is 3.31. The lowest BCUT2D eigenvalue weighted by atomic mass is 10.1. The smallest absolute Gasteiger partial charge is 0.335 e. The van der Waals surface area contributed by atoms with Crippen molar-refractivity contribution in [3.63, 3.8) is 0 Å². The molecular weight excluding hydrogens is 197 g/mol. The third-order valence-electron chi connectivity index (χ3n) is 2.26. The Bertz CT molecular complexity index is 552. The van der Waals surface area contributed by atoms with Crippen LogP contribution in [0.25, 0.3) is 10.9 Å². The molecule has 1 N–H and O–H groups in total. The molecule has 0 aliphatic carbocycles. The number of aryl methyl sites for hydroxylation is 1. The zero-order valence-electron chi connectivity index (χ0n) is 7.99. The molecule has 0 atom stereocenters. The minimum atomic E-state index is -1.14. The number of fused-ring (bicyclic) bond motifs is 1. The highest BCUT2D eigenvalue weighted by Crippen LogP contribution is 2.20. The zero-order chi connectivity index (χ0) is 11.0. The first-order valence-electron chi connectivity index (χ1n) is 4.38. The maximum absolute atomic E-state index is 13.5. The minimum absolute atomic E-state index is 0.0592. The molecule has 0 spiro atoms. The zero-order valence-corrected chi connectivity index (χ0v) is 7.99.